The highest BCUT2D eigenvalue weighted by Crippen LogP contribution is 2.58. The summed E-state index contributed by atoms with van der Waals surface area (Å²) in [4.78, 5) is 17.5. The summed E-state index contributed by atoms with van der Waals surface area (Å²) in [5, 5.41) is 2.45. The Bertz CT molecular complexity index is 3400. The summed E-state index contributed by atoms with van der Waals surface area (Å²) in [5.74, 6) is 1.93. The highest BCUT2D eigenvalue weighted by Gasteiger charge is 2.46. The molecule has 0 atom stereocenters. The molecule has 0 radical (unpaired) electrons. The molecule has 64 heavy (non-hydrogen) atoms. The highest BCUT2D eigenvalue weighted by atomic mass is 15.2. The van der Waals surface area contributed by atoms with Crippen molar-refractivity contribution in [1.29, 1.82) is 0 Å². The minimum Gasteiger partial charge on any atom is -0.310 e. The molecule has 0 saturated heterocycles. The van der Waals surface area contributed by atoms with Crippen molar-refractivity contribution < 1.29 is 0 Å². The first-order chi connectivity index (χ1) is 31.7. The first-order valence-corrected chi connectivity index (χ1v) is 21.8. The molecule has 1 aliphatic heterocycles. The van der Waals surface area contributed by atoms with Gasteiger partial charge in [0.2, 0.25) is 0 Å². The zero-order valence-corrected chi connectivity index (χ0v) is 35.2. The quantitative estimate of drug-likeness (QED) is 0.161. The van der Waals surface area contributed by atoms with Gasteiger partial charge in [0.1, 0.15) is 0 Å². The fourth-order valence-corrected chi connectivity index (χ4v) is 10.0. The smallest absolute Gasteiger partial charge is 0.164 e. The minimum atomic E-state index is -0.642. The van der Waals surface area contributed by atoms with Crippen LogP contribution in [0.2, 0.25) is 0 Å². The van der Waals surface area contributed by atoms with Crippen LogP contribution in [0.4, 0.5) is 17.1 Å². The molecule has 302 valence electrons. The lowest BCUT2D eigenvalue weighted by atomic mass is 9.62. The Morgan fingerprint density at radius 3 is 1.52 bits per heavy atom. The number of anilines is 3. The van der Waals surface area contributed by atoms with E-state index in [-0.39, 0.29) is 0 Å². The van der Waals surface area contributed by atoms with Crippen molar-refractivity contribution in [1.82, 2.24) is 19.5 Å². The van der Waals surface area contributed by atoms with Crippen LogP contribution in [-0.4, -0.2) is 19.5 Å². The molecule has 0 amide bonds. The van der Waals surface area contributed by atoms with Gasteiger partial charge in [0.25, 0.3) is 0 Å². The second-order valence-corrected chi connectivity index (χ2v) is 16.4. The van der Waals surface area contributed by atoms with Crippen molar-refractivity contribution in [2.24, 2.45) is 0 Å². The summed E-state index contributed by atoms with van der Waals surface area (Å²) >= 11 is 0. The van der Waals surface area contributed by atoms with Crippen LogP contribution in [0.3, 0.4) is 0 Å². The maximum Gasteiger partial charge on any atom is 0.164 e. The van der Waals surface area contributed by atoms with Gasteiger partial charge in [-0.2, -0.15) is 0 Å². The van der Waals surface area contributed by atoms with Crippen LogP contribution in [0.1, 0.15) is 27.8 Å². The van der Waals surface area contributed by atoms with Crippen molar-refractivity contribution in [3.8, 4) is 39.9 Å². The van der Waals surface area contributed by atoms with Gasteiger partial charge in [-0.15, -0.1) is 0 Å². The van der Waals surface area contributed by atoms with Crippen LogP contribution < -0.4 is 4.90 Å². The summed E-state index contributed by atoms with van der Waals surface area (Å²) in [6, 6.07) is 82.5. The van der Waals surface area contributed by atoms with Crippen LogP contribution in [0.25, 0.3) is 61.7 Å². The number of para-hydroxylation sites is 4. The topological polar surface area (TPSA) is 46.8 Å². The Balaban J connectivity index is 1.05. The molecule has 0 spiro atoms. The van der Waals surface area contributed by atoms with E-state index in [2.05, 4.69) is 186 Å². The van der Waals surface area contributed by atoms with Gasteiger partial charge in [-0.25, -0.2) is 15.0 Å². The standard InChI is InChI=1S/C59H41N5/c1-40-38-46(35-36-47(40)58-61-56(41-20-6-2-7-21-41)60-57(62-58)42-22-8-3-9-23-42)64-54-32-18-15-29-50(54)59(43-24-10-4-11-25-43,51-30-16-19-33-55(51)64)44-34-37-53-49(39-44)48-28-14-17-31-52(48)63(53)45-26-12-5-13-27-45/h2-39H,1H3. The van der Waals surface area contributed by atoms with Gasteiger partial charge < -0.3 is 9.47 Å². The molecular formula is C59H41N5. The van der Waals surface area contributed by atoms with Gasteiger partial charge in [-0.3, -0.25) is 0 Å². The zero-order chi connectivity index (χ0) is 42.6. The van der Waals surface area contributed by atoms with E-state index in [0.29, 0.717) is 17.5 Å². The van der Waals surface area contributed by atoms with Gasteiger partial charge >= 0.3 is 0 Å². The number of hydrogen-bond acceptors (Lipinski definition) is 4. The Morgan fingerprint density at radius 2 is 0.891 bits per heavy atom. The van der Waals surface area contributed by atoms with E-state index in [1.807, 2.05) is 60.7 Å². The summed E-state index contributed by atoms with van der Waals surface area (Å²) < 4.78 is 2.39. The first kappa shape index (κ1) is 37.4. The lowest BCUT2D eigenvalue weighted by Gasteiger charge is -2.46. The fourth-order valence-electron chi connectivity index (χ4n) is 10.0. The summed E-state index contributed by atoms with van der Waals surface area (Å²) in [7, 11) is 0. The number of aromatic nitrogens is 4. The van der Waals surface area contributed by atoms with E-state index in [0.717, 1.165) is 45.0 Å². The van der Waals surface area contributed by atoms with E-state index >= 15 is 0 Å². The van der Waals surface area contributed by atoms with Crippen LogP contribution in [0, 0.1) is 6.92 Å². The number of benzene rings is 9. The average Bonchev–Trinajstić information content (AvgIpc) is 3.70. The molecule has 0 unspecified atom stereocenters. The second kappa shape index (κ2) is 15.2. The van der Waals surface area contributed by atoms with Crippen molar-refractivity contribution in [2.75, 3.05) is 4.90 Å². The van der Waals surface area contributed by atoms with Crippen molar-refractivity contribution in [3.05, 3.63) is 258 Å². The fraction of sp³-hybridized carbons (Fsp3) is 0.0339. The summed E-state index contributed by atoms with van der Waals surface area (Å²) in [5.41, 5.74) is 15.0. The third-order valence-corrected chi connectivity index (χ3v) is 12.8. The Morgan fingerprint density at radius 1 is 0.375 bits per heavy atom. The van der Waals surface area contributed by atoms with E-state index < -0.39 is 5.41 Å². The lowest BCUT2D eigenvalue weighted by molar-refractivity contribution is 0.732. The molecule has 0 N–H and O–H groups in total. The molecule has 3 heterocycles. The van der Waals surface area contributed by atoms with E-state index in [9.17, 15) is 0 Å². The molecular weight excluding hydrogens is 779 g/mol. The molecule has 5 nitrogen and oxygen atoms in total. The molecule has 0 bridgehead atoms. The number of aryl methyl sites for hydroxylation is 1. The maximum absolute atomic E-state index is 5.08. The third kappa shape index (κ3) is 5.89. The van der Waals surface area contributed by atoms with Crippen LogP contribution in [0.5, 0.6) is 0 Å². The molecule has 0 aliphatic carbocycles. The monoisotopic (exact) mass is 819 g/mol. The van der Waals surface area contributed by atoms with Gasteiger partial charge in [0, 0.05) is 38.8 Å². The molecule has 0 saturated carbocycles. The summed E-state index contributed by atoms with van der Waals surface area (Å²) in [6.45, 7) is 2.16. The van der Waals surface area contributed by atoms with Crippen molar-refractivity contribution >= 4 is 38.9 Å². The molecule has 5 heteroatoms. The minimum absolute atomic E-state index is 0.642. The predicted octanol–water partition coefficient (Wildman–Crippen LogP) is 14.4. The summed E-state index contributed by atoms with van der Waals surface area (Å²) in [6.07, 6.45) is 0. The second-order valence-electron chi connectivity index (χ2n) is 16.4. The zero-order valence-electron chi connectivity index (χ0n) is 35.2. The number of rotatable bonds is 7. The predicted molar refractivity (Wildman–Crippen MR) is 262 cm³/mol. The molecule has 11 aromatic rings. The average molecular weight is 820 g/mol. The van der Waals surface area contributed by atoms with Crippen LogP contribution >= 0.6 is 0 Å². The first-order valence-electron chi connectivity index (χ1n) is 21.8. The number of fused-ring (bicyclic) bond motifs is 5. The molecule has 0 fully saturated rings. The normalized spacial score (nSPS) is 12.9. The maximum atomic E-state index is 5.08. The Hall–Kier alpha value is -8.41. The molecule has 12 rings (SSSR count). The van der Waals surface area contributed by atoms with E-state index in [1.165, 1.54) is 44.1 Å². The Labute approximate surface area is 372 Å². The number of nitrogens with zero attached hydrogens (tertiary/aromatic N) is 5. The van der Waals surface area contributed by atoms with E-state index in [4.69, 9.17) is 15.0 Å². The highest BCUT2D eigenvalue weighted by molar-refractivity contribution is 6.10. The van der Waals surface area contributed by atoms with Gasteiger partial charge in [-0.05, 0) is 95.4 Å². The number of hydrogen-bond donors (Lipinski definition) is 0. The van der Waals surface area contributed by atoms with Gasteiger partial charge in [-0.1, -0.05) is 170 Å². The van der Waals surface area contributed by atoms with Crippen LogP contribution in [0.15, 0.2) is 231 Å². The van der Waals surface area contributed by atoms with Crippen LogP contribution in [-0.2, 0) is 5.41 Å². The largest absolute Gasteiger partial charge is 0.310 e. The van der Waals surface area contributed by atoms with E-state index in [1.54, 1.807) is 0 Å². The molecule has 9 aromatic carbocycles. The molecule has 2 aromatic heterocycles. The van der Waals surface area contributed by atoms with Gasteiger partial charge in [0.15, 0.2) is 17.5 Å². The third-order valence-electron chi connectivity index (χ3n) is 12.8. The van der Waals surface area contributed by atoms with Crippen molar-refractivity contribution in [3.63, 3.8) is 0 Å². The molecule has 1 aliphatic rings. The Kier molecular flexibility index (Phi) is 8.87. The SMILES string of the molecule is Cc1cc(N2c3ccccc3C(c3ccccc3)(c3ccc4c(c3)c3ccccc3n4-c3ccccc3)c3ccccc32)ccc1-c1nc(-c2ccccc2)nc(-c2ccccc2)n1. The van der Waals surface area contributed by atoms with Gasteiger partial charge in [0.05, 0.1) is 27.8 Å². The van der Waals surface area contributed by atoms with Crippen molar-refractivity contribution in [2.45, 2.75) is 12.3 Å². The lowest BCUT2D eigenvalue weighted by Crippen LogP contribution is -2.37.